The average molecular weight is 389 g/mol. The van der Waals surface area contributed by atoms with Crippen LogP contribution in [0.1, 0.15) is 44.1 Å². The minimum Gasteiger partial charge on any atom is -0.473 e. The van der Waals surface area contributed by atoms with Gasteiger partial charge in [-0.2, -0.15) is 0 Å². The highest BCUT2D eigenvalue weighted by atomic mass is 16.5. The first-order valence-electron chi connectivity index (χ1n) is 9.50. The molecule has 1 N–H and O–H groups in total. The lowest BCUT2D eigenvalue weighted by atomic mass is 10.1. The van der Waals surface area contributed by atoms with Crippen molar-refractivity contribution in [2.24, 2.45) is 0 Å². The monoisotopic (exact) mass is 389 g/mol. The highest BCUT2D eigenvalue weighted by molar-refractivity contribution is 5.76. The molecule has 0 saturated carbocycles. The van der Waals surface area contributed by atoms with E-state index in [0.29, 0.717) is 43.5 Å². The van der Waals surface area contributed by atoms with Gasteiger partial charge in [-0.15, -0.1) is 0 Å². The number of carbonyl (C=O) groups excluding carboxylic acids is 1. The standard InChI is InChI=1S/C19H27N5O4/c1-12(2)27-17-9-14(28-22-17)5-6-18(26)24-8-7-13(11-24)15-10-16(25)21-19(20-15)23(3)4/h9-10,12-13H,5-8,11H2,1-4H3,(H,20,21,25)/t13-/m0/s1. The molecule has 0 aromatic carbocycles. The Kier molecular flexibility index (Phi) is 6.01. The number of H-pyrrole nitrogens is 1. The van der Waals surface area contributed by atoms with Gasteiger partial charge in [0.25, 0.3) is 11.4 Å². The molecule has 2 aromatic heterocycles. The van der Waals surface area contributed by atoms with Gasteiger partial charge in [0.15, 0.2) is 0 Å². The summed E-state index contributed by atoms with van der Waals surface area (Å²) in [6.45, 7) is 5.06. The number of carbonyl (C=O) groups is 1. The van der Waals surface area contributed by atoms with E-state index >= 15 is 0 Å². The van der Waals surface area contributed by atoms with Crippen molar-refractivity contribution in [2.45, 2.75) is 45.1 Å². The van der Waals surface area contributed by atoms with E-state index in [0.717, 1.165) is 12.1 Å². The fraction of sp³-hybridized carbons (Fsp3) is 0.579. The van der Waals surface area contributed by atoms with Crippen LogP contribution in [0.15, 0.2) is 21.5 Å². The average Bonchev–Trinajstić information content (AvgIpc) is 3.28. The first-order chi connectivity index (χ1) is 13.3. The molecule has 1 saturated heterocycles. The van der Waals surface area contributed by atoms with Crippen LogP contribution in [0, 0.1) is 0 Å². The zero-order valence-corrected chi connectivity index (χ0v) is 16.8. The van der Waals surface area contributed by atoms with Crippen molar-refractivity contribution >= 4 is 11.9 Å². The van der Waals surface area contributed by atoms with Crippen LogP contribution in [-0.4, -0.2) is 59.2 Å². The van der Waals surface area contributed by atoms with E-state index in [-0.39, 0.29) is 23.5 Å². The van der Waals surface area contributed by atoms with Crippen LogP contribution in [0.3, 0.4) is 0 Å². The Balaban J connectivity index is 1.56. The molecule has 1 fully saturated rings. The van der Waals surface area contributed by atoms with E-state index in [1.165, 1.54) is 6.07 Å². The molecule has 1 aliphatic heterocycles. The molecule has 2 aromatic rings. The van der Waals surface area contributed by atoms with Crippen LogP contribution < -0.4 is 15.2 Å². The van der Waals surface area contributed by atoms with Crippen LogP contribution in [0.2, 0.25) is 0 Å². The summed E-state index contributed by atoms with van der Waals surface area (Å²) in [6.07, 6.45) is 1.63. The first kappa shape index (κ1) is 19.9. The number of hydrogen-bond donors (Lipinski definition) is 1. The van der Waals surface area contributed by atoms with Crippen molar-refractivity contribution < 1.29 is 14.1 Å². The third-order valence-electron chi connectivity index (χ3n) is 4.61. The molecule has 28 heavy (non-hydrogen) atoms. The SMILES string of the molecule is CC(C)Oc1cc(CCC(=O)N2CC[C@H](c3cc(=O)[nH]c(N(C)C)n3)C2)on1. The van der Waals surface area contributed by atoms with Gasteiger partial charge in [-0.25, -0.2) is 4.98 Å². The minimum absolute atomic E-state index is 0.0213. The van der Waals surface area contributed by atoms with Gasteiger partial charge in [-0.3, -0.25) is 14.6 Å². The molecule has 3 heterocycles. The van der Waals surface area contributed by atoms with E-state index in [1.807, 2.05) is 32.8 Å². The quantitative estimate of drug-likeness (QED) is 0.766. The number of nitrogens with one attached hydrogen (secondary N) is 1. The number of hydrogen-bond acceptors (Lipinski definition) is 7. The highest BCUT2D eigenvalue weighted by Gasteiger charge is 2.28. The van der Waals surface area contributed by atoms with Gasteiger partial charge in [0.1, 0.15) is 5.76 Å². The molecule has 0 radical (unpaired) electrons. The molecular formula is C19H27N5O4. The molecule has 0 spiro atoms. The fourth-order valence-corrected chi connectivity index (χ4v) is 3.21. The Morgan fingerprint density at radius 3 is 2.93 bits per heavy atom. The van der Waals surface area contributed by atoms with Gasteiger partial charge in [0.05, 0.1) is 11.8 Å². The fourth-order valence-electron chi connectivity index (χ4n) is 3.21. The second-order valence-electron chi connectivity index (χ2n) is 7.51. The maximum absolute atomic E-state index is 12.6. The number of aromatic nitrogens is 3. The van der Waals surface area contributed by atoms with Gasteiger partial charge in [0.2, 0.25) is 11.9 Å². The van der Waals surface area contributed by atoms with Gasteiger partial charge >= 0.3 is 0 Å². The van der Waals surface area contributed by atoms with E-state index in [4.69, 9.17) is 9.26 Å². The van der Waals surface area contributed by atoms with Crippen LogP contribution >= 0.6 is 0 Å². The summed E-state index contributed by atoms with van der Waals surface area (Å²) in [5, 5.41) is 3.85. The van der Waals surface area contributed by atoms with Crippen molar-refractivity contribution in [2.75, 3.05) is 32.1 Å². The summed E-state index contributed by atoms with van der Waals surface area (Å²) in [7, 11) is 3.65. The van der Waals surface area contributed by atoms with Crippen molar-refractivity contribution in [1.29, 1.82) is 0 Å². The van der Waals surface area contributed by atoms with E-state index in [2.05, 4.69) is 15.1 Å². The van der Waals surface area contributed by atoms with E-state index < -0.39 is 0 Å². The number of ether oxygens (including phenoxy) is 1. The van der Waals surface area contributed by atoms with Crippen LogP contribution in [0.4, 0.5) is 5.95 Å². The van der Waals surface area contributed by atoms with Crippen LogP contribution in [-0.2, 0) is 11.2 Å². The third kappa shape index (κ3) is 4.90. The summed E-state index contributed by atoms with van der Waals surface area (Å²) < 4.78 is 10.7. The molecule has 1 aliphatic rings. The second-order valence-corrected chi connectivity index (χ2v) is 7.51. The summed E-state index contributed by atoms with van der Waals surface area (Å²) >= 11 is 0. The number of rotatable bonds is 7. The summed E-state index contributed by atoms with van der Waals surface area (Å²) in [5.74, 6) is 1.73. The molecule has 9 nitrogen and oxygen atoms in total. The lowest BCUT2D eigenvalue weighted by Gasteiger charge is -2.17. The van der Waals surface area contributed by atoms with Crippen molar-refractivity contribution in [1.82, 2.24) is 20.0 Å². The minimum atomic E-state index is -0.178. The van der Waals surface area contributed by atoms with Gasteiger partial charge in [-0.1, -0.05) is 0 Å². The van der Waals surface area contributed by atoms with E-state index in [1.54, 1.807) is 11.0 Å². The Hall–Kier alpha value is -2.84. The zero-order valence-electron chi connectivity index (χ0n) is 16.8. The number of nitrogens with zero attached hydrogens (tertiary/aromatic N) is 4. The summed E-state index contributed by atoms with van der Waals surface area (Å²) in [6, 6.07) is 3.25. The number of amides is 1. The highest BCUT2D eigenvalue weighted by Crippen LogP contribution is 2.26. The van der Waals surface area contributed by atoms with Crippen LogP contribution in [0.5, 0.6) is 5.88 Å². The number of likely N-dealkylation sites (tertiary alicyclic amines) is 1. The van der Waals surface area contributed by atoms with Crippen molar-refractivity contribution in [3.63, 3.8) is 0 Å². The largest absolute Gasteiger partial charge is 0.473 e. The molecule has 3 rings (SSSR count). The second kappa shape index (κ2) is 8.45. The summed E-state index contributed by atoms with van der Waals surface area (Å²) in [5.41, 5.74) is 0.552. The molecule has 1 amide bonds. The van der Waals surface area contributed by atoms with Gasteiger partial charge in [-0.05, 0) is 25.4 Å². The maximum Gasteiger partial charge on any atom is 0.254 e. The normalized spacial score (nSPS) is 16.6. The lowest BCUT2D eigenvalue weighted by molar-refractivity contribution is -0.130. The smallest absolute Gasteiger partial charge is 0.254 e. The van der Waals surface area contributed by atoms with Crippen molar-refractivity contribution in [3.05, 3.63) is 33.9 Å². The zero-order chi connectivity index (χ0) is 20.3. The number of anilines is 1. The molecule has 9 heteroatoms. The maximum atomic E-state index is 12.6. The van der Waals surface area contributed by atoms with Gasteiger partial charge < -0.3 is 19.1 Å². The Morgan fingerprint density at radius 1 is 1.43 bits per heavy atom. The summed E-state index contributed by atoms with van der Waals surface area (Å²) in [4.78, 5) is 35.3. The lowest BCUT2D eigenvalue weighted by Crippen LogP contribution is -2.29. The van der Waals surface area contributed by atoms with Crippen LogP contribution in [0.25, 0.3) is 0 Å². The topological polar surface area (TPSA) is 105 Å². The predicted molar refractivity (Wildman–Crippen MR) is 104 cm³/mol. The third-order valence-corrected chi connectivity index (χ3v) is 4.61. The molecule has 152 valence electrons. The predicted octanol–water partition coefficient (Wildman–Crippen LogP) is 1.56. The molecule has 0 unspecified atom stereocenters. The number of aryl methyl sites for hydroxylation is 1. The number of aromatic amines is 1. The molecule has 0 bridgehead atoms. The van der Waals surface area contributed by atoms with Crippen molar-refractivity contribution in [3.8, 4) is 5.88 Å². The first-order valence-corrected chi connectivity index (χ1v) is 9.50. The Bertz CT molecular complexity index is 873. The van der Waals surface area contributed by atoms with Gasteiger partial charge in [0, 0.05) is 58.1 Å². The molecular weight excluding hydrogens is 362 g/mol. The molecule has 1 atom stereocenters. The Morgan fingerprint density at radius 2 is 2.21 bits per heavy atom. The molecule has 0 aliphatic carbocycles. The van der Waals surface area contributed by atoms with E-state index in [9.17, 15) is 9.59 Å². The Labute approximate surface area is 163 Å².